The van der Waals surface area contributed by atoms with E-state index in [1.54, 1.807) is 23.4 Å². The molecule has 0 saturated carbocycles. The highest BCUT2D eigenvalue weighted by Crippen LogP contribution is 2.12. The Balaban J connectivity index is 1.95. The van der Waals surface area contributed by atoms with Crippen molar-refractivity contribution in [1.29, 1.82) is 0 Å². The van der Waals surface area contributed by atoms with Gasteiger partial charge in [-0.1, -0.05) is 6.07 Å². The first-order valence-electron chi connectivity index (χ1n) is 7.12. The van der Waals surface area contributed by atoms with Crippen LogP contribution in [0.2, 0.25) is 0 Å². The van der Waals surface area contributed by atoms with Crippen LogP contribution >= 0.6 is 0 Å². The molecule has 1 fully saturated rings. The van der Waals surface area contributed by atoms with E-state index in [9.17, 15) is 9.59 Å². The van der Waals surface area contributed by atoms with Crippen LogP contribution in [-0.2, 0) is 14.3 Å². The Morgan fingerprint density at radius 1 is 1.38 bits per heavy atom. The summed E-state index contributed by atoms with van der Waals surface area (Å²) in [4.78, 5) is 29.8. The van der Waals surface area contributed by atoms with Crippen molar-refractivity contribution < 1.29 is 14.3 Å². The molecule has 0 aromatic carbocycles. The first-order chi connectivity index (χ1) is 9.97. The minimum Gasteiger partial charge on any atom is -0.372 e. The normalized spacial score (nSPS) is 23.5. The van der Waals surface area contributed by atoms with Crippen LogP contribution in [-0.4, -0.2) is 47.0 Å². The number of carbonyl (C=O) groups excluding carboxylic acids is 2. The molecule has 6 heteroatoms. The third-order valence-corrected chi connectivity index (χ3v) is 3.43. The molecule has 1 aromatic heterocycles. The van der Waals surface area contributed by atoms with E-state index >= 15 is 0 Å². The minimum absolute atomic E-state index is 0.0544. The average molecular weight is 291 g/mol. The standard InChI is InChI=1S/C15H21N3O3/c1-10-8-18(9-11(2)21-10)15(20)14(19)17-12(3)13-5-4-6-16-7-13/h4-7,10-12H,8-9H2,1-3H3,(H,17,19). The Morgan fingerprint density at radius 3 is 2.62 bits per heavy atom. The van der Waals surface area contributed by atoms with Crippen LogP contribution in [0, 0.1) is 0 Å². The van der Waals surface area contributed by atoms with Gasteiger partial charge in [-0.05, 0) is 32.4 Å². The van der Waals surface area contributed by atoms with Gasteiger partial charge in [0.2, 0.25) is 0 Å². The summed E-state index contributed by atoms with van der Waals surface area (Å²) in [6, 6.07) is 3.40. The largest absolute Gasteiger partial charge is 0.372 e. The molecule has 1 aliphatic heterocycles. The summed E-state index contributed by atoms with van der Waals surface area (Å²) in [6.45, 7) is 6.50. The van der Waals surface area contributed by atoms with E-state index in [-0.39, 0.29) is 18.2 Å². The van der Waals surface area contributed by atoms with E-state index in [0.717, 1.165) is 5.56 Å². The monoisotopic (exact) mass is 291 g/mol. The summed E-state index contributed by atoms with van der Waals surface area (Å²) >= 11 is 0. The third-order valence-electron chi connectivity index (χ3n) is 3.43. The van der Waals surface area contributed by atoms with Gasteiger partial charge in [-0.2, -0.15) is 0 Å². The fourth-order valence-electron chi connectivity index (χ4n) is 2.46. The second-order valence-corrected chi connectivity index (χ2v) is 5.45. The van der Waals surface area contributed by atoms with E-state index in [4.69, 9.17) is 4.74 Å². The zero-order valence-electron chi connectivity index (χ0n) is 12.6. The number of pyridine rings is 1. The molecular formula is C15H21N3O3. The molecular weight excluding hydrogens is 270 g/mol. The van der Waals surface area contributed by atoms with Crippen LogP contribution in [0.15, 0.2) is 24.5 Å². The van der Waals surface area contributed by atoms with Crippen molar-refractivity contribution in [2.45, 2.75) is 39.0 Å². The number of hydrogen-bond acceptors (Lipinski definition) is 4. The van der Waals surface area contributed by atoms with E-state index in [1.165, 1.54) is 0 Å². The summed E-state index contributed by atoms with van der Waals surface area (Å²) in [5.41, 5.74) is 0.863. The quantitative estimate of drug-likeness (QED) is 0.822. The molecule has 2 heterocycles. The van der Waals surface area contributed by atoms with E-state index in [1.807, 2.05) is 26.8 Å². The van der Waals surface area contributed by atoms with Gasteiger partial charge in [0.25, 0.3) is 0 Å². The second-order valence-electron chi connectivity index (χ2n) is 5.45. The van der Waals surface area contributed by atoms with Crippen LogP contribution in [0.5, 0.6) is 0 Å². The lowest BCUT2D eigenvalue weighted by Gasteiger charge is -2.35. The molecule has 1 saturated heterocycles. The molecule has 6 nitrogen and oxygen atoms in total. The molecule has 2 rings (SSSR count). The predicted octanol–water partition coefficient (Wildman–Crippen LogP) is 0.895. The van der Waals surface area contributed by atoms with Gasteiger partial charge in [0, 0.05) is 25.5 Å². The lowest BCUT2D eigenvalue weighted by atomic mass is 10.1. The summed E-state index contributed by atoms with van der Waals surface area (Å²) in [6.07, 6.45) is 3.23. The molecule has 0 radical (unpaired) electrons. The number of rotatable bonds is 2. The summed E-state index contributed by atoms with van der Waals surface area (Å²) in [5.74, 6) is -1.10. The summed E-state index contributed by atoms with van der Waals surface area (Å²) < 4.78 is 5.56. The average Bonchev–Trinajstić information content (AvgIpc) is 2.46. The Morgan fingerprint density at radius 2 is 2.05 bits per heavy atom. The summed E-state index contributed by atoms with van der Waals surface area (Å²) in [5, 5.41) is 2.71. The first kappa shape index (κ1) is 15.4. The number of carbonyl (C=O) groups is 2. The molecule has 3 atom stereocenters. The van der Waals surface area contributed by atoms with Crippen LogP contribution in [0.25, 0.3) is 0 Å². The minimum atomic E-state index is -0.590. The number of aromatic nitrogens is 1. The Bertz CT molecular complexity index is 496. The molecule has 1 N–H and O–H groups in total. The number of nitrogens with one attached hydrogen (secondary N) is 1. The fraction of sp³-hybridized carbons (Fsp3) is 0.533. The predicted molar refractivity (Wildman–Crippen MR) is 77.4 cm³/mol. The molecule has 3 unspecified atom stereocenters. The third kappa shape index (κ3) is 4.01. The number of hydrogen-bond donors (Lipinski definition) is 1. The van der Waals surface area contributed by atoms with Crippen molar-refractivity contribution in [3.63, 3.8) is 0 Å². The first-order valence-corrected chi connectivity index (χ1v) is 7.12. The van der Waals surface area contributed by atoms with Gasteiger partial charge in [0.1, 0.15) is 0 Å². The van der Waals surface area contributed by atoms with Gasteiger partial charge in [0.05, 0.1) is 18.2 Å². The summed E-state index contributed by atoms with van der Waals surface area (Å²) in [7, 11) is 0. The van der Waals surface area contributed by atoms with Gasteiger partial charge in [0.15, 0.2) is 0 Å². The Hall–Kier alpha value is -1.95. The molecule has 1 aliphatic rings. The van der Waals surface area contributed by atoms with Crippen LogP contribution in [0.3, 0.4) is 0 Å². The van der Waals surface area contributed by atoms with Crippen LogP contribution < -0.4 is 5.32 Å². The van der Waals surface area contributed by atoms with Gasteiger partial charge in [-0.3, -0.25) is 14.6 Å². The van der Waals surface area contributed by atoms with Crippen molar-refractivity contribution in [3.8, 4) is 0 Å². The maximum atomic E-state index is 12.2. The van der Waals surface area contributed by atoms with Gasteiger partial charge in [-0.15, -0.1) is 0 Å². The van der Waals surface area contributed by atoms with Crippen molar-refractivity contribution in [3.05, 3.63) is 30.1 Å². The molecule has 0 aliphatic carbocycles. The number of nitrogens with zero attached hydrogens (tertiary/aromatic N) is 2. The van der Waals surface area contributed by atoms with Crippen LogP contribution in [0.1, 0.15) is 32.4 Å². The lowest BCUT2D eigenvalue weighted by molar-refractivity contribution is -0.153. The van der Waals surface area contributed by atoms with E-state index in [0.29, 0.717) is 13.1 Å². The number of amides is 2. The maximum absolute atomic E-state index is 12.2. The van der Waals surface area contributed by atoms with E-state index in [2.05, 4.69) is 10.3 Å². The molecule has 1 aromatic rings. The van der Waals surface area contributed by atoms with Crippen LogP contribution in [0.4, 0.5) is 0 Å². The van der Waals surface area contributed by atoms with Crippen molar-refractivity contribution in [1.82, 2.24) is 15.2 Å². The smallest absolute Gasteiger partial charge is 0.312 e. The highest BCUT2D eigenvalue weighted by atomic mass is 16.5. The molecule has 21 heavy (non-hydrogen) atoms. The lowest BCUT2D eigenvalue weighted by Crippen LogP contribution is -2.52. The molecule has 0 bridgehead atoms. The second kappa shape index (κ2) is 6.67. The Labute approximate surface area is 124 Å². The van der Waals surface area contributed by atoms with Crippen molar-refractivity contribution in [2.24, 2.45) is 0 Å². The zero-order chi connectivity index (χ0) is 15.4. The van der Waals surface area contributed by atoms with E-state index < -0.39 is 11.8 Å². The topological polar surface area (TPSA) is 71.5 Å². The van der Waals surface area contributed by atoms with Crippen molar-refractivity contribution >= 4 is 11.8 Å². The molecule has 114 valence electrons. The van der Waals surface area contributed by atoms with Gasteiger partial charge < -0.3 is 15.0 Å². The SMILES string of the molecule is CC1CN(C(=O)C(=O)NC(C)c2cccnc2)CC(C)O1. The molecule has 2 amide bonds. The van der Waals surface area contributed by atoms with Crippen molar-refractivity contribution in [2.75, 3.05) is 13.1 Å². The number of morpholine rings is 1. The van der Waals surface area contributed by atoms with Gasteiger partial charge >= 0.3 is 11.8 Å². The highest BCUT2D eigenvalue weighted by Gasteiger charge is 2.30. The molecule has 0 spiro atoms. The zero-order valence-corrected chi connectivity index (χ0v) is 12.6. The Kier molecular flexibility index (Phi) is 4.90. The maximum Gasteiger partial charge on any atom is 0.312 e. The van der Waals surface area contributed by atoms with Gasteiger partial charge in [-0.25, -0.2) is 0 Å². The number of ether oxygens (including phenoxy) is 1. The fourth-order valence-corrected chi connectivity index (χ4v) is 2.46. The highest BCUT2D eigenvalue weighted by molar-refractivity contribution is 6.35.